The van der Waals surface area contributed by atoms with Gasteiger partial charge < -0.3 is 4.43 Å². The summed E-state index contributed by atoms with van der Waals surface area (Å²) in [5.41, 5.74) is 9.87. The molecule has 0 radical (unpaired) electrons. The Labute approximate surface area is 162 Å². The summed E-state index contributed by atoms with van der Waals surface area (Å²) in [5, 5.41) is 3.50. The molecule has 1 aromatic carbocycles. The Morgan fingerprint density at radius 3 is 2.59 bits per heavy atom. The van der Waals surface area contributed by atoms with Crippen LogP contribution in [0.3, 0.4) is 0 Å². The Balaban J connectivity index is 1.73. The van der Waals surface area contributed by atoms with Crippen LogP contribution in [-0.2, 0) is 15.8 Å². The van der Waals surface area contributed by atoms with E-state index >= 15 is 0 Å². The third kappa shape index (κ3) is 4.11. The second-order valence-electron chi connectivity index (χ2n) is 9.35. The van der Waals surface area contributed by atoms with Crippen LogP contribution in [0.1, 0.15) is 26.3 Å². The minimum Gasteiger partial charge on any atom is -0.415 e. The van der Waals surface area contributed by atoms with Crippen LogP contribution in [0, 0.1) is 17.8 Å². The van der Waals surface area contributed by atoms with Crippen molar-refractivity contribution in [3.63, 3.8) is 0 Å². The molecule has 1 aromatic rings. The predicted molar refractivity (Wildman–Crippen MR) is 108 cm³/mol. The summed E-state index contributed by atoms with van der Waals surface area (Å²) in [5.74, 6) is 0.112. The fraction of sp³-hybridized carbons (Fsp3) is 0.650. The fourth-order valence-corrected chi connectivity index (χ4v) is 5.02. The van der Waals surface area contributed by atoms with Gasteiger partial charge in [0, 0.05) is 36.6 Å². The van der Waals surface area contributed by atoms with Crippen molar-refractivity contribution < 1.29 is 9.22 Å². The van der Waals surface area contributed by atoms with Crippen LogP contribution in [-0.4, -0.2) is 38.3 Å². The monoisotopic (exact) mass is 386 g/mol. The molecular weight excluding hydrogens is 356 g/mol. The van der Waals surface area contributed by atoms with Crippen LogP contribution in [0.15, 0.2) is 35.4 Å². The van der Waals surface area contributed by atoms with Crippen LogP contribution in [0.2, 0.25) is 18.1 Å². The number of carbonyl (C=O) groups is 1. The molecule has 1 heterocycles. The van der Waals surface area contributed by atoms with Crippen LogP contribution < -0.4 is 0 Å². The Kier molecular flexibility index (Phi) is 5.50. The van der Waals surface area contributed by atoms with Crippen molar-refractivity contribution in [2.45, 2.75) is 51.5 Å². The maximum absolute atomic E-state index is 12.1. The van der Waals surface area contributed by atoms with E-state index in [2.05, 4.69) is 73.1 Å². The first-order valence-electron chi connectivity index (χ1n) is 9.66. The minimum absolute atomic E-state index is 0.124. The van der Waals surface area contributed by atoms with Gasteiger partial charge in [0.1, 0.15) is 0 Å². The third-order valence-electron chi connectivity index (χ3n) is 6.67. The van der Waals surface area contributed by atoms with Crippen molar-refractivity contribution >= 4 is 14.2 Å². The molecule has 0 bridgehead atoms. The zero-order valence-corrected chi connectivity index (χ0v) is 17.9. The van der Waals surface area contributed by atoms with E-state index in [-0.39, 0.29) is 28.8 Å². The Morgan fingerprint density at radius 2 is 2.00 bits per heavy atom. The number of likely N-dealkylation sites (tertiary alicyclic amines) is 1. The number of benzene rings is 1. The molecule has 6 nitrogen and oxygen atoms in total. The van der Waals surface area contributed by atoms with Crippen LogP contribution >= 0.6 is 0 Å². The van der Waals surface area contributed by atoms with Gasteiger partial charge in [-0.05, 0) is 46.2 Å². The maximum atomic E-state index is 12.1. The Bertz CT molecular complexity index is 740. The molecule has 3 rings (SSSR count). The second-order valence-corrected chi connectivity index (χ2v) is 14.2. The van der Waals surface area contributed by atoms with Gasteiger partial charge in [-0.1, -0.05) is 51.1 Å². The first-order chi connectivity index (χ1) is 12.7. The average Bonchev–Trinajstić information content (AvgIpc) is 3.18. The van der Waals surface area contributed by atoms with E-state index in [4.69, 9.17) is 9.96 Å². The molecule has 1 saturated carbocycles. The summed E-state index contributed by atoms with van der Waals surface area (Å²) in [7, 11) is -1.86. The van der Waals surface area contributed by atoms with E-state index in [1.165, 1.54) is 5.56 Å². The topological polar surface area (TPSA) is 78.3 Å². The highest BCUT2D eigenvalue weighted by atomic mass is 28.4. The highest BCUT2D eigenvalue weighted by Gasteiger charge is 2.63. The van der Waals surface area contributed by atoms with Gasteiger partial charge in [0.2, 0.25) is 5.91 Å². The zero-order chi connectivity index (χ0) is 19.8. The minimum atomic E-state index is -1.86. The van der Waals surface area contributed by atoms with E-state index in [1.807, 2.05) is 6.07 Å². The van der Waals surface area contributed by atoms with Crippen LogP contribution in [0.25, 0.3) is 10.4 Å². The van der Waals surface area contributed by atoms with Gasteiger partial charge in [-0.15, -0.1) is 0 Å². The molecule has 7 heteroatoms. The number of amides is 1. The van der Waals surface area contributed by atoms with Crippen molar-refractivity contribution in [1.82, 2.24) is 4.90 Å². The van der Waals surface area contributed by atoms with E-state index in [0.717, 1.165) is 13.1 Å². The number of piperidine rings is 1. The molecule has 2 fully saturated rings. The standard InChI is InChI=1S/C20H30N4O2Si/c1-20(2,3)27(4,5)26-13-16-17-15(18(17)19(25)22-23-21)12-24(16)11-14-9-7-6-8-10-14/h6-10,15-18H,11-13H2,1-5H3/t15-,16+,17-,18+/m0/s1. The molecule has 0 spiro atoms. The van der Waals surface area contributed by atoms with Crippen molar-refractivity contribution in [3.05, 3.63) is 46.3 Å². The number of nitrogens with zero attached hydrogens (tertiary/aromatic N) is 4. The summed E-state index contributed by atoms with van der Waals surface area (Å²) in [6.07, 6.45) is 0. The van der Waals surface area contributed by atoms with Gasteiger partial charge in [0.25, 0.3) is 0 Å². The number of rotatable bonds is 6. The third-order valence-corrected chi connectivity index (χ3v) is 11.2. The van der Waals surface area contributed by atoms with Crippen molar-refractivity contribution in [2.24, 2.45) is 22.9 Å². The first kappa shape index (κ1) is 20.1. The Hall–Kier alpha value is -1.66. The molecule has 2 aliphatic rings. The van der Waals surface area contributed by atoms with E-state index in [0.29, 0.717) is 12.5 Å². The lowest BCUT2D eigenvalue weighted by Gasteiger charge is -2.38. The van der Waals surface area contributed by atoms with E-state index < -0.39 is 8.32 Å². The van der Waals surface area contributed by atoms with Gasteiger partial charge in [-0.3, -0.25) is 9.69 Å². The largest absolute Gasteiger partial charge is 0.415 e. The van der Waals surface area contributed by atoms with Crippen LogP contribution in [0.5, 0.6) is 0 Å². The van der Waals surface area contributed by atoms with Gasteiger partial charge in [-0.25, -0.2) is 0 Å². The summed E-state index contributed by atoms with van der Waals surface area (Å²) in [6.45, 7) is 13.6. The lowest BCUT2D eigenvalue weighted by atomic mass is 10.1. The number of azide groups is 1. The van der Waals surface area contributed by atoms with Crippen molar-refractivity contribution in [1.29, 1.82) is 0 Å². The number of hydrogen-bond acceptors (Lipinski definition) is 3. The fourth-order valence-electron chi connectivity index (χ4n) is 3.99. The molecule has 0 N–H and O–H groups in total. The molecule has 1 aliphatic carbocycles. The molecule has 0 unspecified atom stereocenters. The van der Waals surface area contributed by atoms with Crippen LogP contribution in [0.4, 0.5) is 0 Å². The van der Waals surface area contributed by atoms with Crippen molar-refractivity contribution in [3.8, 4) is 0 Å². The molecule has 1 aliphatic heterocycles. The lowest BCUT2D eigenvalue weighted by Crippen LogP contribution is -2.46. The molecule has 1 amide bonds. The summed E-state index contributed by atoms with van der Waals surface area (Å²) in [4.78, 5) is 17.3. The number of fused-ring (bicyclic) bond motifs is 1. The number of carbonyl (C=O) groups excluding carboxylic acids is 1. The van der Waals surface area contributed by atoms with Gasteiger partial charge >= 0.3 is 0 Å². The molecule has 1 saturated heterocycles. The summed E-state index contributed by atoms with van der Waals surface area (Å²) >= 11 is 0. The SMILES string of the molecule is CC(C)(C)[Si](C)(C)OC[C@@H]1[C@@H]2[C@H](CN1Cc1ccccc1)[C@H]2C(=O)N=[N+]=[N-]. The lowest BCUT2D eigenvalue weighted by molar-refractivity contribution is -0.120. The number of hydrogen-bond donors (Lipinski definition) is 0. The summed E-state index contributed by atoms with van der Waals surface area (Å²) in [6, 6.07) is 10.6. The zero-order valence-electron chi connectivity index (χ0n) is 16.9. The molecular formula is C20H30N4O2Si. The Morgan fingerprint density at radius 1 is 1.33 bits per heavy atom. The maximum Gasteiger partial charge on any atom is 0.222 e. The van der Waals surface area contributed by atoms with Gasteiger partial charge in [0.15, 0.2) is 8.32 Å². The van der Waals surface area contributed by atoms with Crippen molar-refractivity contribution in [2.75, 3.05) is 13.2 Å². The smallest absolute Gasteiger partial charge is 0.222 e. The van der Waals surface area contributed by atoms with Gasteiger partial charge in [-0.2, -0.15) is 0 Å². The quantitative estimate of drug-likeness (QED) is 0.310. The van der Waals surface area contributed by atoms with E-state index in [1.54, 1.807) is 0 Å². The van der Waals surface area contributed by atoms with Gasteiger partial charge in [0.05, 0.1) is 0 Å². The average molecular weight is 387 g/mol. The first-order valence-corrected chi connectivity index (χ1v) is 12.6. The molecule has 27 heavy (non-hydrogen) atoms. The highest BCUT2D eigenvalue weighted by Crippen LogP contribution is 2.56. The molecule has 0 aromatic heterocycles. The molecule has 4 atom stereocenters. The normalized spacial score (nSPS) is 27.7. The summed E-state index contributed by atoms with van der Waals surface area (Å²) < 4.78 is 6.51. The highest BCUT2D eigenvalue weighted by molar-refractivity contribution is 6.74. The molecule has 146 valence electrons. The second kappa shape index (κ2) is 7.39. The van der Waals surface area contributed by atoms with E-state index in [9.17, 15) is 4.79 Å². The predicted octanol–water partition coefficient (Wildman–Crippen LogP) is 4.59.